The monoisotopic (exact) mass is 265 g/mol. The van der Waals surface area contributed by atoms with Gasteiger partial charge < -0.3 is 15.2 Å². The van der Waals surface area contributed by atoms with Crippen molar-refractivity contribution in [2.45, 2.75) is 4.90 Å². The Morgan fingerprint density at radius 1 is 1.22 bits per heavy atom. The van der Waals surface area contributed by atoms with Crippen LogP contribution in [0.3, 0.4) is 0 Å². The lowest BCUT2D eigenvalue weighted by Gasteiger charge is -2.16. The molecule has 2 N–H and O–H groups in total. The molecule has 0 spiro atoms. The van der Waals surface area contributed by atoms with Gasteiger partial charge in [-0.2, -0.15) is 10.9 Å². The van der Waals surface area contributed by atoms with Gasteiger partial charge in [-0.25, -0.2) is 4.79 Å². The predicted octanol–water partition coefficient (Wildman–Crippen LogP) is 2.47. The standard InChI is InChI=1S/C13H15NO3S/c1-16-11-8-10(14)12(18-5-3-4-6-18)7-9(11)13(15)17-2/h3-8,18H,14H2,1-2H3. The number of nitrogens with two attached hydrogens (primary N) is 1. The molecule has 1 heterocycles. The van der Waals surface area contributed by atoms with E-state index in [9.17, 15) is 4.79 Å². The van der Waals surface area contributed by atoms with E-state index < -0.39 is 16.9 Å². The van der Waals surface area contributed by atoms with Crippen molar-refractivity contribution in [2.75, 3.05) is 20.0 Å². The SMILES string of the molecule is COC(=O)c1cc([SH]2C=CC=C2)c(N)cc1OC. The average Bonchev–Trinajstić information content (AvgIpc) is 2.91. The smallest absolute Gasteiger partial charge is 0.341 e. The summed E-state index contributed by atoms with van der Waals surface area (Å²) in [5.41, 5.74) is 7.03. The number of carbonyl (C=O) groups excluding carboxylic acids is 1. The van der Waals surface area contributed by atoms with E-state index in [0.717, 1.165) is 4.90 Å². The zero-order chi connectivity index (χ0) is 13.1. The molecule has 0 fully saturated rings. The third-order valence-electron chi connectivity index (χ3n) is 2.64. The van der Waals surface area contributed by atoms with Crippen molar-refractivity contribution in [3.63, 3.8) is 0 Å². The van der Waals surface area contributed by atoms with Crippen LogP contribution < -0.4 is 10.5 Å². The highest BCUT2D eigenvalue weighted by molar-refractivity contribution is 8.22. The van der Waals surface area contributed by atoms with Crippen LogP contribution in [0, 0.1) is 0 Å². The summed E-state index contributed by atoms with van der Waals surface area (Å²) in [6.45, 7) is 0. The van der Waals surface area contributed by atoms with E-state index in [1.807, 2.05) is 12.2 Å². The third kappa shape index (κ3) is 2.22. The third-order valence-corrected chi connectivity index (χ3v) is 4.57. The number of thiol groups is 1. The second-order valence-corrected chi connectivity index (χ2v) is 5.59. The van der Waals surface area contributed by atoms with Crippen molar-refractivity contribution in [1.29, 1.82) is 0 Å². The summed E-state index contributed by atoms with van der Waals surface area (Å²) in [7, 11) is 2.27. The highest BCUT2D eigenvalue weighted by atomic mass is 32.2. The second-order valence-electron chi connectivity index (χ2n) is 3.69. The van der Waals surface area contributed by atoms with Crippen molar-refractivity contribution >= 4 is 22.6 Å². The summed E-state index contributed by atoms with van der Waals surface area (Å²) < 4.78 is 9.90. The normalized spacial score (nSPS) is 14.9. The number of benzene rings is 1. The molecule has 0 amide bonds. The molecule has 4 nitrogen and oxygen atoms in total. The van der Waals surface area contributed by atoms with Gasteiger partial charge in [0.25, 0.3) is 0 Å². The summed E-state index contributed by atoms with van der Waals surface area (Å²) in [5, 5.41) is 4.16. The maximum Gasteiger partial charge on any atom is 0.341 e. The number of esters is 1. The lowest BCUT2D eigenvalue weighted by atomic mass is 10.2. The summed E-state index contributed by atoms with van der Waals surface area (Å²) in [5.74, 6) is 0.0144. The molecule has 0 aliphatic carbocycles. The van der Waals surface area contributed by atoms with Gasteiger partial charge in [-0.1, -0.05) is 12.2 Å². The van der Waals surface area contributed by atoms with E-state index in [2.05, 4.69) is 10.8 Å². The quantitative estimate of drug-likeness (QED) is 0.500. The van der Waals surface area contributed by atoms with Crippen molar-refractivity contribution in [3.05, 3.63) is 40.7 Å². The molecule has 2 rings (SSSR count). The maximum absolute atomic E-state index is 11.7. The molecule has 0 atom stereocenters. The van der Waals surface area contributed by atoms with Crippen molar-refractivity contribution in [2.24, 2.45) is 0 Å². The topological polar surface area (TPSA) is 61.5 Å². The first-order valence-electron chi connectivity index (χ1n) is 5.36. The van der Waals surface area contributed by atoms with Gasteiger partial charge in [-0.3, -0.25) is 0 Å². The average molecular weight is 265 g/mol. The molecular weight excluding hydrogens is 250 g/mol. The zero-order valence-electron chi connectivity index (χ0n) is 10.2. The Bertz CT molecular complexity index is 525. The summed E-state index contributed by atoms with van der Waals surface area (Å²) in [6, 6.07) is 3.43. The summed E-state index contributed by atoms with van der Waals surface area (Å²) in [6.07, 6.45) is 3.96. The van der Waals surface area contributed by atoms with E-state index in [-0.39, 0.29) is 0 Å². The minimum absolute atomic E-state index is 0.403. The largest absolute Gasteiger partial charge is 0.496 e. The molecule has 1 aromatic carbocycles. The zero-order valence-corrected chi connectivity index (χ0v) is 11.1. The highest BCUT2D eigenvalue weighted by Crippen LogP contribution is 2.46. The molecule has 1 aliphatic heterocycles. The molecule has 0 unspecified atom stereocenters. The number of hydrogen-bond acceptors (Lipinski definition) is 4. The number of methoxy groups -OCH3 is 2. The van der Waals surface area contributed by atoms with Gasteiger partial charge >= 0.3 is 5.97 Å². The Morgan fingerprint density at radius 2 is 1.89 bits per heavy atom. The highest BCUT2D eigenvalue weighted by Gasteiger charge is 2.18. The molecule has 18 heavy (non-hydrogen) atoms. The van der Waals surface area contributed by atoms with Crippen LogP contribution in [0.4, 0.5) is 5.69 Å². The first kappa shape index (κ1) is 12.6. The molecule has 5 heteroatoms. The van der Waals surface area contributed by atoms with Crippen LogP contribution in [-0.4, -0.2) is 20.2 Å². The Hall–Kier alpha value is -1.88. The van der Waals surface area contributed by atoms with Crippen LogP contribution in [0.25, 0.3) is 0 Å². The Balaban J connectivity index is 2.51. The Kier molecular flexibility index (Phi) is 3.62. The number of allylic oxidation sites excluding steroid dienone is 2. The maximum atomic E-state index is 11.7. The van der Waals surface area contributed by atoms with Crippen LogP contribution in [0.15, 0.2) is 40.0 Å². The Morgan fingerprint density at radius 3 is 2.44 bits per heavy atom. The van der Waals surface area contributed by atoms with Gasteiger partial charge in [-0.05, 0) is 16.9 Å². The van der Waals surface area contributed by atoms with Gasteiger partial charge in [0.15, 0.2) is 0 Å². The van der Waals surface area contributed by atoms with Crippen LogP contribution in [-0.2, 0) is 4.74 Å². The minimum atomic E-state index is -0.574. The molecule has 0 aromatic heterocycles. The molecule has 0 radical (unpaired) electrons. The first-order chi connectivity index (χ1) is 8.67. The fraction of sp³-hybridized carbons (Fsp3) is 0.154. The van der Waals surface area contributed by atoms with Gasteiger partial charge in [0.1, 0.15) is 11.3 Å². The van der Waals surface area contributed by atoms with Crippen LogP contribution in [0.1, 0.15) is 10.4 Å². The fourth-order valence-electron chi connectivity index (χ4n) is 1.74. The van der Waals surface area contributed by atoms with Crippen molar-refractivity contribution in [1.82, 2.24) is 0 Å². The molecule has 1 aromatic rings. The summed E-state index contributed by atoms with van der Waals surface area (Å²) >= 11 is 0. The number of ether oxygens (including phenoxy) is 2. The van der Waals surface area contributed by atoms with E-state index in [4.69, 9.17) is 15.2 Å². The van der Waals surface area contributed by atoms with Gasteiger partial charge in [-0.15, -0.1) is 0 Å². The van der Waals surface area contributed by atoms with Crippen LogP contribution in [0.5, 0.6) is 5.75 Å². The number of rotatable bonds is 3. The fourth-order valence-corrected chi connectivity index (χ4v) is 3.37. The molecule has 0 bridgehead atoms. The van der Waals surface area contributed by atoms with Crippen molar-refractivity contribution in [3.8, 4) is 5.75 Å². The predicted molar refractivity (Wildman–Crippen MR) is 74.3 cm³/mol. The Labute approximate surface area is 108 Å². The molecular formula is C13H15NO3S. The van der Waals surface area contributed by atoms with Crippen molar-refractivity contribution < 1.29 is 14.3 Å². The second kappa shape index (κ2) is 5.18. The van der Waals surface area contributed by atoms with Gasteiger partial charge in [0, 0.05) is 16.6 Å². The van der Waals surface area contributed by atoms with Crippen LogP contribution in [0.2, 0.25) is 0 Å². The van der Waals surface area contributed by atoms with E-state index in [1.54, 1.807) is 12.1 Å². The van der Waals surface area contributed by atoms with E-state index in [1.165, 1.54) is 14.2 Å². The number of hydrogen-bond donors (Lipinski definition) is 2. The first-order valence-corrected chi connectivity index (χ1v) is 6.84. The van der Waals surface area contributed by atoms with E-state index in [0.29, 0.717) is 17.0 Å². The minimum Gasteiger partial charge on any atom is -0.496 e. The van der Waals surface area contributed by atoms with Gasteiger partial charge in [0.2, 0.25) is 0 Å². The number of carbonyl (C=O) groups is 1. The molecule has 1 aliphatic rings. The lowest BCUT2D eigenvalue weighted by Crippen LogP contribution is -2.06. The molecule has 96 valence electrons. The van der Waals surface area contributed by atoms with Crippen LogP contribution >= 0.6 is 10.9 Å². The molecule has 0 saturated heterocycles. The molecule has 0 saturated carbocycles. The summed E-state index contributed by atoms with van der Waals surface area (Å²) in [4.78, 5) is 12.6. The van der Waals surface area contributed by atoms with E-state index >= 15 is 0 Å². The number of anilines is 1. The number of nitrogen functional groups attached to an aromatic ring is 1. The van der Waals surface area contributed by atoms with Gasteiger partial charge in [0.05, 0.1) is 14.2 Å². The lowest BCUT2D eigenvalue weighted by molar-refractivity contribution is 0.0597.